The Morgan fingerprint density at radius 2 is 1.67 bits per heavy atom. The van der Waals surface area contributed by atoms with Crippen molar-refractivity contribution in [3.05, 3.63) is 29.8 Å². The van der Waals surface area contributed by atoms with E-state index in [1.54, 1.807) is 7.11 Å². The Kier molecular flexibility index (Phi) is 3.57. The van der Waals surface area contributed by atoms with E-state index in [1.807, 2.05) is 24.3 Å². The first-order valence-corrected chi connectivity index (χ1v) is 6.24. The van der Waals surface area contributed by atoms with Gasteiger partial charge in [0.2, 0.25) is 5.92 Å². The zero-order valence-corrected chi connectivity index (χ0v) is 10.6. The lowest BCUT2D eigenvalue weighted by molar-refractivity contribution is -0.0509. The second kappa shape index (κ2) is 4.84. The predicted molar refractivity (Wildman–Crippen MR) is 67.1 cm³/mol. The summed E-state index contributed by atoms with van der Waals surface area (Å²) in [5, 5.41) is 0. The zero-order valence-electron chi connectivity index (χ0n) is 10.6. The Morgan fingerprint density at radius 1 is 1.11 bits per heavy atom. The summed E-state index contributed by atoms with van der Waals surface area (Å²) in [5.41, 5.74) is 6.60. The summed E-state index contributed by atoms with van der Waals surface area (Å²) in [6, 6.07) is 7.60. The van der Waals surface area contributed by atoms with Gasteiger partial charge in [-0.2, -0.15) is 0 Å². The second-order valence-electron chi connectivity index (χ2n) is 5.07. The first kappa shape index (κ1) is 13.3. The minimum absolute atomic E-state index is 0.0732. The van der Waals surface area contributed by atoms with Crippen LogP contribution >= 0.6 is 0 Å². The molecule has 0 heterocycles. The number of methoxy groups -OCH3 is 1. The van der Waals surface area contributed by atoms with E-state index in [4.69, 9.17) is 10.5 Å². The fraction of sp³-hybridized carbons (Fsp3) is 0.571. The molecule has 0 aromatic heterocycles. The largest absolute Gasteiger partial charge is 0.497 e. The maximum Gasteiger partial charge on any atom is 0.248 e. The van der Waals surface area contributed by atoms with Crippen LogP contribution in [0, 0.1) is 0 Å². The molecule has 0 aliphatic heterocycles. The van der Waals surface area contributed by atoms with Gasteiger partial charge < -0.3 is 10.5 Å². The van der Waals surface area contributed by atoms with E-state index in [-0.39, 0.29) is 18.3 Å². The summed E-state index contributed by atoms with van der Waals surface area (Å²) >= 11 is 0. The smallest absolute Gasteiger partial charge is 0.248 e. The van der Waals surface area contributed by atoms with Crippen molar-refractivity contribution in [1.29, 1.82) is 0 Å². The first-order chi connectivity index (χ1) is 8.51. The van der Waals surface area contributed by atoms with Crippen LogP contribution in [0.1, 0.15) is 31.2 Å². The predicted octanol–water partition coefficient (Wildman–Crippen LogP) is 3.10. The van der Waals surface area contributed by atoms with Gasteiger partial charge in [0, 0.05) is 24.8 Å². The minimum Gasteiger partial charge on any atom is -0.497 e. The van der Waals surface area contributed by atoms with Crippen molar-refractivity contribution >= 4 is 0 Å². The monoisotopic (exact) mass is 255 g/mol. The number of nitrogens with two attached hydrogens (primary N) is 1. The molecule has 0 amide bonds. The van der Waals surface area contributed by atoms with Gasteiger partial charge in [-0.05, 0) is 30.5 Å². The normalized spacial score (nSPS) is 21.6. The summed E-state index contributed by atoms with van der Waals surface area (Å²) < 4.78 is 31.6. The SMILES string of the molecule is COc1ccc(C2(CN)CCC(F)(F)CC2)cc1. The Morgan fingerprint density at radius 3 is 2.11 bits per heavy atom. The van der Waals surface area contributed by atoms with E-state index in [0.29, 0.717) is 19.4 Å². The molecular weight excluding hydrogens is 236 g/mol. The molecule has 1 saturated carbocycles. The van der Waals surface area contributed by atoms with Crippen LogP contribution in [0.15, 0.2) is 24.3 Å². The van der Waals surface area contributed by atoms with Gasteiger partial charge in [-0.25, -0.2) is 8.78 Å². The third-order valence-corrected chi connectivity index (χ3v) is 4.03. The van der Waals surface area contributed by atoms with E-state index in [9.17, 15) is 8.78 Å². The van der Waals surface area contributed by atoms with Gasteiger partial charge in [-0.3, -0.25) is 0 Å². The van der Waals surface area contributed by atoms with Crippen molar-refractivity contribution in [3.8, 4) is 5.75 Å². The van der Waals surface area contributed by atoms with Crippen LogP contribution in [0.4, 0.5) is 8.78 Å². The Hall–Kier alpha value is -1.16. The van der Waals surface area contributed by atoms with Crippen molar-refractivity contribution in [2.75, 3.05) is 13.7 Å². The van der Waals surface area contributed by atoms with Crippen molar-refractivity contribution in [2.45, 2.75) is 37.0 Å². The Balaban J connectivity index is 2.22. The topological polar surface area (TPSA) is 35.2 Å². The third-order valence-electron chi connectivity index (χ3n) is 4.03. The van der Waals surface area contributed by atoms with Gasteiger partial charge in [-0.1, -0.05) is 12.1 Å². The van der Waals surface area contributed by atoms with E-state index >= 15 is 0 Å². The van der Waals surface area contributed by atoms with Crippen LogP contribution < -0.4 is 10.5 Å². The molecule has 1 aromatic carbocycles. The molecule has 0 bridgehead atoms. The average Bonchev–Trinajstić information content (AvgIpc) is 2.40. The van der Waals surface area contributed by atoms with Crippen LogP contribution in [0.3, 0.4) is 0 Å². The van der Waals surface area contributed by atoms with Gasteiger partial charge >= 0.3 is 0 Å². The van der Waals surface area contributed by atoms with Crippen molar-refractivity contribution in [2.24, 2.45) is 5.73 Å². The van der Waals surface area contributed by atoms with Crippen LogP contribution in [0.5, 0.6) is 5.75 Å². The molecule has 18 heavy (non-hydrogen) atoms. The molecular formula is C14H19F2NO. The van der Waals surface area contributed by atoms with Crippen LogP contribution in [0.2, 0.25) is 0 Å². The van der Waals surface area contributed by atoms with Crippen molar-refractivity contribution in [3.63, 3.8) is 0 Å². The summed E-state index contributed by atoms with van der Waals surface area (Å²) in [7, 11) is 1.61. The number of ether oxygens (including phenoxy) is 1. The highest BCUT2D eigenvalue weighted by Crippen LogP contribution is 2.45. The summed E-state index contributed by atoms with van der Waals surface area (Å²) in [6.07, 6.45) is 0.748. The maximum absolute atomic E-state index is 13.3. The van der Waals surface area contributed by atoms with Crippen LogP contribution in [0.25, 0.3) is 0 Å². The minimum atomic E-state index is -2.52. The Bertz CT molecular complexity index is 393. The number of benzene rings is 1. The molecule has 1 fully saturated rings. The van der Waals surface area contributed by atoms with E-state index in [0.717, 1.165) is 11.3 Å². The summed E-state index contributed by atoms with van der Waals surface area (Å²) in [5.74, 6) is -1.75. The lowest BCUT2D eigenvalue weighted by atomic mass is 9.68. The molecule has 1 aliphatic rings. The molecule has 0 saturated heterocycles. The molecule has 0 radical (unpaired) electrons. The van der Waals surface area contributed by atoms with E-state index < -0.39 is 5.92 Å². The molecule has 2 nitrogen and oxygen atoms in total. The quantitative estimate of drug-likeness (QED) is 0.900. The summed E-state index contributed by atoms with van der Waals surface area (Å²) in [6.45, 7) is 0.412. The Labute approximate surface area is 106 Å². The van der Waals surface area contributed by atoms with Gasteiger partial charge in [0.05, 0.1) is 7.11 Å². The van der Waals surface area contributed by atoms with Crippen LogP contribution in [-0.2, 0) is 5.41 Å². The lowest BCUT2D eigenvalue weighted by Gasteiger charge is -2.39. The second-order valence-corrected chi connectivity index (χ2v) is 5.07. The molecule has 1 aliphatic carbocycles. The molecule has 0 spiro atoms. The van der Waals surface area contributed by atoms with Gasteiger partial charge in [-0.15, -0.1) is 0 Å². The zero-order chi connectivity index (χ0) is 13.2. The lowest BCUT2D eigenvalue weighted by Crippen LogP contribution is -2.42. The highest BCUT2D eigenvalue weighted by Gasteiger charge is 2.43. The van der Waals surface area contributed by atoms with Crippen molar-refractivity contribution in [1.82, 2.24) is 0 Å². The molecule has 2 N–H and O–H groups in total. The standard InChI is InChI=1S/C14H19F2NO/c1-18-12-4-2-11(3-5-12)13(10-17)6-8-14(15,16)9-7-13/h2-5H,6-10,17H2,1H3. The first-order valence-electron chi connectivity index (χ1n) is 6.24. The van der Waals surface area contributed by atoms with E-state index in [1.165, 1.54) is 0 Å². The van der Waals surface area contributed by atoms with Gasteiger partial charge in [0.1, 0.15) is 5.75 Å². The van der Waals surface area contributed by atoms with E-state index in [2.05, 4.69) is 0 Å². The highest BCUT2D eigenvalue weighted by molar-refractivity contribution is 5.33. The molecule has 100 valence electrons. The number of hydrogen-bond donors (Lipinski definition) is 1. The van der Waals surface area contributed by atoms with Gasteiger partial charge in [0.25, 0.3) is 0 Å². The highest BCUT2D eigenvalue weighted by atomic mass is 19.3. The summed E-state index contributed by atoms with van der Waals surface area (Å²) in [4.78, 5) is 0. The molecule has 1 aromatic rings. The number of rotatable bonds is 3. The molecule has 2 rings (SSSR count). The average molecular weight is 255 g/mol. The van der Waals surface area contributed by atoms with Crippen LogP contribution in [-0.4, -0.2) is 19.6 Å². The number of alkyl halides is 2. The van der Waals surface area contributed by atoms with Crippen molar-refractivity contribution < 1.29 is 13.5 Å². The maximum atomic E-state index is 13.3. The third kappa shape index (κ3) is 2.48. The fourth-order valence-corrected chi connectivity index (χ4v) is 2.65. The molecule has 4 heteroatoms. The number of hydrogen-bond acceptors (Lipinski definition) is 2. The molecule has 0 atom stereocenters. The fourth-order valence-electron chi connectivity index (χ4n) is 2.65. The van der Waals surface area contributed by atoms with Gasteiger partial charge in [0.15, 0.2) is 0 Å². The molecule has 0 unspecified atom stereocenters. The number of halogens is 2.